The summed E-state index contributed by atoms with van der Waals surface area (Å²) in [5, 5.41) is 3.15. The molecule has 1 aliphatic rings. The molecule has 0 unspecified atom stereocenters. The van der Waals surface area contributed by atoms with Crippen molar-refractivity contribution < 1.29 is 14.3 Å². The van der Waals surface area contributed by atoms with E-state index in [4.69, 9.17) is 19.4 Å². The summed E-state index contributed by atoms with van der Waals surface area (Å²) in [4.78, 5) is 22.8. The minimum absolute atomic E-state index is 0.0548. The van der Waals surface area contributed by atoms with E-state index in [-0.39, 0.29) is 11.9 Å². The van der Waals surface area contributed by atoms with Crippen LogP contribution in [0.4, 0.5) is 0 Å². The Morgan fingerprint density at radius 3 is 1.82 bits per heavy atom. The van der Waals surface area contributed by atoms with Crippen LogP contribution >= 0.6 is 0 Å². The third-order valence-corrected chi connectivity index (χ3v) is 6.34. The van der Waals surface area contributed by atoms with Crippen molar-refractivity contribution in [2.75, 3.05) is 14.2 Å². The van der Waals surface area contributed by atoms with E-state index < -0.39 is 0 Å². The number of carbonyl (C=O) groups excluding carboxylic acids is 1. The van der Waals surface area contributed by atoms with Crippen LogP contribution in [0.5, 0.6) is 11.5 Å². The number of aromatic nitrogens is 2. The summed E-state index contributed by atoms with van der Waals surface area (Å²) in [7, 11) is 3.29. The molecule has 0 saturated heterocycles. The summed E-state index contributed by atoms with van der Waals surface area (Å²) in [5.74, 6) is 1.50. The fourth-order valence-corrected chi connectivity index (χ4v) is 4.43. The van der Waals surface area contributed by atoms with E-state index in [9.17, 15) is 4.79 Å². The Balaban J connectivity index is 1.59. The van der Waals surface area contributed by atoms with Crippen molar-refractivity contribution in [3.8, 4) is 34.0 Å². The Bertz CT molecular complexity index is 1310. The summed E-state index contributed by atoms with van der Waals surface area (Å²) >= 11 is 0. The molecule has 0 bridgehead atoms. The molecule has 1 N–H and O–H groups in total. The molecule has 4 aromatic rings. The van der Waals surface area contributed by atoms with E-state index >= 15 is 0 Å². The number of rotatable bonds is 6. The molecule has 1 amide bonds. The molecule has 172 valence electrons. The maximum Gasteiger partial charge on any atom is 0.251 e. The Kier molecular flexibility index (Phi) is 6.12. The van der Waals surface area contributed by atoms with Crippen molar-refractivity contribution in [2.24, 2.45) is 0 Å². The third-order valence-electron chi connectivity index (χ3n) is 6.34. The lowest BCUT2D eigenvalue weighted by molar-refractivity contribution is 0.0938. The number of nitrogens with one attached hydrogen (secondary N) is 1. The fraction of sp³-hybridized carbons (Fsp3) is 0.250. The van der Waals surface area contributed by atoms with E-state index in [1.54, 1.807) is 14.2 Å². The molecule has 5 rings (SSSR count). The van der Waals surface area contributed by atoms with Gasteiger partial charge in [0.1, 0.15) is 11.5 Å². The molecule has 3 aromatic carbocycles. The van der Waals surface area contributed by atoms with Crippen molar-refractivity contribution in [3.05, 3.63) is 72.3 Å². The molecule has 1 saturated carbocycles. The van der Waals surface area contributed by atoms with Crippen LogP contribution in [0.15, 0.2) is 66.7 Å². The average Bonchev–Trinajstić information content (AvgIpc) is 3.40. The average molecular weight is 454 g/mol. The molecule has 1 heterocycles. The highest BCUT2D eigenvalue weighted by Gasteiger charge is 2.19. The van der Waals surface area contributed by atoms with E-state index in [1.165, 1.54) is 12.8 Å². The second-order valence-corrected chi connectivity index (χ2v) is 8.54. The lowest BCUT2D eigenvalue weighted by atomic mass is 10.0. The molecule has 6 nitrogen and oxygen atoms in total. The number of ether oxygens (including phenoxy) is 2. The Morgan fingerprint density at radius 2 is 1.29 bits per heavy atom. The predicted molar refractivity (Wildman–Crippen MR) is 133 cm³/mol. The molecule has 0 aliphatic heterocycles. The monoisotopic (exact) mass is 453 g/mol. The van der Waals surface area contributed by atoms with Gasteiger partial charge in [0.05, 0.1) is 36.6 Å². The molecule has 1 fully saturated rings. The number of carbonyl (C=O) groups is 1. The first-order valence-electron chi connectivity index (χ1n) is 11.6. The molecule has 34 heavy (non-hydrogen) atoms. The highest BCUT2D eigenvalue weighted by Crippen LogP contribution is 2.33. The minimum atomic E-state index is -0.0548. The predicted octanol–water partition coefficient (Wildman–Crippen LogP) is 5.65. The second kappa shape index (κ2) is 9.51. The van der Waals surface area contributed by atoms with Crippen molar-refractivity contribution in [3.63, 3.8) is 0 Å². The van der Waals surface area contributed by atoms with Crippen LogP contribution in [-0.4, -0.2) is 36.1 Å². The largest absolute Gasteiger partial charge is 0.497 e. The zero-order chi connectivity index (χ0) is 23.5. The first-order chi connectivity index (χ1) is 16.6. The van der Waals surface area contributed by atoms with Gasteiger partial charge >= 0.3 is 0 Å². The molecular weight excluding hydrogens is 426 g/mol. The standard InChI is InChI=1S/C28H27N3O3/c1-33-22-12-7-18(8-13-22)26-27(19-9-14-23(34-2)15-10-19)31-25-17-20(11-16-24(25)30-26)28(32)29-21-5-3-4-6-21/h7-17,21H,3-6H2,1-2H3,(H,29,32). The number of fused-ring (bicyclic) bond motifs is 1. The minimum Gasteiger partial charge on any atom is -0.497 e. The van der Waals surface area contributed by atoms with Crippen molar-refractivity contribution >= 4 is 16.9 Å². The smallest absolute Gasteiger partial charge is 0.251 e. The summed E-state index contributed by atoms with van der Waals surface area (Å²) in [6, 6.07) is 21.3. The number of hydrogen-bond donors (Lipinski definition) is 1. The van der Waals surface area contributed by atoms with Crippen LogP contribution in [0.1, 0.15) is 36.0 Å². The number of amides is 1. The summed E-state index contributed by atoms with van der Waals surface area (Å²) in [5.41, 5.74) is 5.39. The van der Waals surface area contributed by atoms with E-state index in [0.29, 0.717) is 11.1 Å². The van der Waals surface area contributed by atoms with E-state index in [0.717, 1.165) is 52.4 Å². The Morgan fingerprint density at radius 1 is 0.765 bits per heavy atom. The summed E-state index contributed by atoms with van der Waals surface area (Å²) < 4.78 is 10.6. The Hall–Kier alpha value is -3.93. The Labute approximate surface area is 199 Å². The number of nitrogens with zero attached hydrogens (tertiary/aromatic N) is 2. The third kappa shape index (κ3) is 4.44. The van der Waals surface area contributed by atoms with Crippen LogP contribution < -0.4 is 14.8 Å². The van der Waals surface area contributed by atoms with Crippen molar-refractivity contribution in [2.45, 2.75) is 31.7 Å². The lowest BCUT2D eigenvalue weighted by Crippen LogP contribution is -2.32. The van der Waals surface area contributed by atoms with Crippen LogP contribution in [0.3, 0.4) is 0 Å². The van der Waals surface area contributed by atoms with Gasteiger partial charge in [-0.2, -0.15) is 0 Å². The molecule has 0 atom stereocenters. The molecular formula is C28H27N3O3. The number of hydrogen-bond acceptors (Lipinski definition) is 5. The highest BCUT2D eigenvalue weighted by atomic mass is 16.5. The lowest BCUT2D eigenvalue weighted by Gasteiger charge is -2.14. The molecule has 0 spiro atoms. The zero-order valence-corrected chi connectivity index (χ0v) is 19.4. The molecule has 1 aromatic heterocycles. The highest BCUT2D eigenvalue weighted by molar-refractivity contribution is 5.98. The van der Waals surface area contributed by atoms with Crippen molar-refractivity contribution in [1.29, 1.82) is 0 Å². The van der Waals surface area contributed by atoms with Crippen LogP contribution in [-0.2, 0) is 0 Å². The van der Waals surface area contributed by atoms with Gasteiger partial charge in [0.15, 0.2) is 0 Å². The van der Waals surface area contributed by atoms with Gasteiger partial charge < -0.3 is 14.8 Å². The van der Waals surface area contributed by atoms with Crippen LogP contribution in [0.2, 0.25) is 0 Å². The summed E-state index contributed by atoms with van der Waals surface area (Å²) in [6.45, 7) is 0. The van der Waals surface area contributed by atoms with E-state index in [2.05, 4.69) is 5.32 Å². The van der Waals surface area contributed by atoms with Gasteiger partial charge in [-0.15, -0.1) is 0 Å². The van der Waals surface area contributed by atoms with Gasteiger partial charge in [-0.3, -0.25) is 4.79 Å². The van der Waals surface area contributed by atoms with Gasteiger partial charge in [0.2, 0.25) is 0 Å². The zero-order valence-electron chi connectivity index (χ0n) is 19.4. The van der Waals surface area contributed by atoms with Gasteiger partial charge in [-0.05, 0) is 79.6 Å². The number of methoxy groups -OCH3 is 2. The van der Waals surface area contributed by atoms with Gasteiger partial charge in [0, 0.05) is 22.7 Å². The topological polar surface area (TPSA) is 73.3 Å². The van der Waals surface area contributed by atoms with Crippen LogP contribution in [0, 0.1) is 0 Å². The molecule has 6 heteroatoms. The summed E-state index contributed by atoms with van der Waals surface area (Å²) in [6.07, 6.45) is 4.44. The SMILES string of the molecule is COc1ccc(-c2nc3ccc(C(=O)NC4CCCC4)cc3nc2-c2ccc(OC)cc2)cc1. The second-order valence-electron chi connectivity index (χ2n) is 8.54. The number of benzene rings is 3. The quantitative estimate of drug-likeness (QED) is 0.408. The molecule has 0 radical (unpaired) electrons. The molecule has 1 aliphatic carbocycles. The van der Waals surface area contributed by atoms with Gasteiger partial charge in [0.25, 0.3) is 5.91 Å². The first kappa shape index (κ1) is 21.9. The maximum absolute atomic E-state index is 12.8. The normalized spacial score (nSPS) is 13.7. The van der Waals surface area contributed by atoms with Crippen LogP contribution in [0.25, 0.3) is 33.5 Å². The first-order valence-corrected chi connectivity index (χ1v) is 11.6. The maximum atomic E-state index is 12.8. The fourth-order valence-electron chi connectivity index (χ4n) is 4.43. The van der Waals surface area contributed by atoms with Gasteiger partial charge in [-0.1, -0.05) is 12.8 Å². The van der Waals surface area contributed by atoms with Gasteiger partial charge in [-0.25, -0.2) is 9.97 Å². The van der Waals surface area contributed by atoms with Crippen molar-refractivity contribution in [1.82, 2.24) is 15.3 Å². The van der Waals surface area contributed by atoms with E-state index in [1.807, 2.05) is 66.7 Å².